The predicted molar refractivity (Wildman–Crippen MR) is 94.8 cm³/mol. The summed E-state index contributed by atoms with van der Waals surface area (Å²) in [7, 11) is 0. The number of nitrogens with one attached hydrogen (secondary N) is 1. The summed E-state index contributed by atoms with van der Waals surface area (Å²) in [6.07, 6.45) is 1.09. The van der Waals surface area contributed by atoms with Crippen molar-refractivity contribution in [2.75, 3.05) is 0 Å². The molecule has 24 heavy (non-hydrogen) atoms. The number of rotatable bonds is 4. The molecular formula is C18H24N2O3S. The Hall–Kier alpha value is -1.50. The summed E-state index contributed by atoms with van der Waals surface area (Å²) < 4.78 is 0.924. The predicted octanol–water partition coefficient (Wildman–Crippen LogP) is 2.78. The molecule has 1 fully saturated rings. The summed E-state index contributed by atoms with van der Waals surface area (Å²) in [4.78, 5) is 16.7. The molecule has 2 atom stereocenters. The number of amides is 1. The quantitative estimate of drug-likeness (QED) is 0.793. The van der Waals surface area contributed by atoms with Crippen LogP contribution in [0.5, 0.6) is 0 Å². The summed E-state index contributed by atoms with van der Waals surface area (Å²) in [5.74, 6) is 0.145. The number of aliphatic hydroxyl groups is 2. The average molecular weight is 348 g/mol. The molecule has 5 nitrogen and oxygen atoms in total. The minimum Gasteiger partial charge on any atom is -0.383 e. The second kappa shape index (κ2) is 6.78. The lowest BCUT2D eigenvalue weighted by molar-refractivity contribution is -0.137. The Morgan fingerprint density at radius 2 is 2.00 bits per heavy atom. The molecule has 1 aromatic heterocycles. The van der Waals surface area contributed by atoms with Crippen molar-refractivity contribution in [3.05, 3.63) is 29.3 Å². The van der Waals surface area contributed by atoms with Crippen LogP contribution in [0, 0.1) is 5.92 Å². The van der Waals surface area contributed by atoms with Crippen LogP contribution in [-0.2, 0) is 4.79 Å². The van der Waals surface area contributed by atoms with Crippen LogP contribution in [0.4, 0.5) is 0 Å². The molecule has 1 heterocycles. The van der Waals surface area contributed by atoms with Gasteiger partial charge in [0.2, 0.25) is 0 Å². The fraction of sp³-hybridized carbons (Fsp3) is 0.556. The highest BCUT2D eigenvalue weighted by Crippen LogP contribution is 2.32. The maximum atomic E-state index is 12.4. The van der Waals surface area contributed by atoms with Gasteiger partial charge in [0.1, 0.15) is 11.1 Å². The van der Waals surface area contributed by atoms with Gasteiger partial charge in [-0.25, -0.2) is 4.98 Å². The summed E-state index contributed by atoms with van der Waals surface area (Å²) in [6.45, 7) is 4.22. The number of fused-ring (bicyclic) bond motifs is 1. The Kier molecular flexibility index (Phi) is 4.90. The summed E-state index contributed by atoms with van der Waals surface area (Å²) >= 11 is 1.30. The van der Waals surface area contributed by atoms with Gasteiger partial charge in [0.15, 0.2) is 6.10 Å². The Morgan fingerprint density at radius 1 is 1.33 bits per heavy atom. The molecule has 0 radical (unpaired) electrons. The lowest BCUT2D eigenvalue weighted by atomic mass is 9.78. The third-order valence-corrected chi connectivity index (χ3v) is 6.04. The van der Waals surface area contributed by atoms with Gasteiger partial charge in [-0.15, -0.1) is 11.3 Å². The van der Waals surface area contributed by atoms with E-state index in [1.807, 2.05) is 31.2 Å². The van der Waals surface area contributed by atoms with Gasteiger partial charge in [0.05, 0.1) is 10.2 Å². The van der Waals surface area contributed by atoms with Crippen LogP contribution in [0.15, 0.2) is 24.3 Å². The van der Waals surface area contributed by atoms with E-state index in [0.717, 1.165) is 35.9 Å². The number of thiazole rings is 1. The van der Waals surface area contributed by atoms with Crippen molar-refractivity contribution in [1.29, 1.82) is 0 Å². The SMILES string of the molecule is CC1CCC(C)(NC(=O)C(O)C(O)c2nc3ccccc3s2)CC1. The van der Waals surface area contributed by atoms with Gasteiger partial charge in [0.25, 0.3) is 5.91 Å². The van der Waals surface area contributed by atoms with Crippen LogP contribution in [0.3, 0.4) is 0 Å². The molecule has 2 unspecified atom stereocenters. The highest BCUT2D eigenvalue weighted by molar-refractivity contribution is 7.18. The van der Waals surface area contributed by atoms with Crippen molar-refractivity contribution in [3.63, 3.8) is 0 Å². The average Bonchev–Trinajstić information content (AvgIpc) is 3.00. The second-order valence-corrected chi connectivity index (χ2v) is 8.20. The fourth-order valence-corrected chi connectivity index (χ4v) is 4.17. The van der Waals surface area contributed by atoms with Gasteiger partial charge >= 0.3 is 0 Å². The number of aromatic nitrogens is 1. The first kappa shape index (κ1) is 17.3. The molecule has 6 heteroatoms. The van der Waals surface area contributed by atoms with Crippen LogP contribution in [0.25, 0.3) is 10.2 Å². The van der Waals surface area contributed by atoms with Crippen molar-refractivity contribution in [2.45, 2.75) is 57.3 Å². The molecule has 3 N–H and O–H groups in total. The lowest BCUT2D eigenvalue weighted by Crippen LogP contribution is -2.52. The first-order valence-electron chi connectivity index (χ1n) is 8.41. The van der Waals surface area contributed by atoms with E-state index < -0.39 is 18.1 Å². The monoisotopic (exact) mass is 348 g/mol. The molecule has 0 bridgehead atoms. The molecule has 2 aromatic rings. The number of carbonyl (C=O) groups excluding carboxylic acids is 1. The maximum absolute atomic E-state index is 12.4. The van der Waals surface area contributed by atoms with E-state index >= 15 is 0 Å². The zero-order valence-electron chi connectivity index (χ0n) is 14.0. The number of aliphatic hydroxyl groups excluding tert-OH is 2. The molecule has 1 aliphatic carbocycles. The first-order chi connectivity index (χ1) is 11.4. The normalized spacial score (nSPS) is 26.9. The molecule has 1 aliphatic rings. The van der Waals surface area contributed by atoms with E-state index in [1.54, 1.807) is 0 Å². The zero-order valence-corrected chi connectivity index (χ0v) is 14.8. The lowest BCUT2D eigenvalue weighted by Gasteiger charge is -2.37. The third-order valence-electron chi connectivity index (χ3n) is 4.93. The second-order valence-electron chi connectivity index (χ2n) is 7.14. The molecule has 130 valence electrons. The van der Waals surface area contributed by atoms with E-state index in [9.17, 15) is 15.0 Å². The molecule has 0 saturated heterocycles. The number of hydrogen-bond donors (Lipinski definition) is 3. The van der Waals surface area contributed by atoms with E-state index in [-0.39, 0.29) is 5.54 Å². The standard InChI is InChI=1S/C18H24N2O3S/c1-11-7-9-18(2,10-8-11)20-16(23)14(21)15(22)17-19-12-5-3-4-6-13(12)24-17/h3-6,11,14-15,21-22H,7-10H2,1-2H3,(H,20,23). The molecule has 3 rings (SSSR count). The highest BCUT2D eigenvalue weighted by Gasteiger charge is 2.35. The highest BCUT2D eigenvalue weighted by atomic mass is 32.1. The van der Waals surface area contributed by atoms with Gasteiger partial charge in [0, 0.05) is 5.54 Å². The van der Waals surface area contributed by atoms with Gasteiger partial charge in [-0.05, 0) is 50.7 Å². The van der Waals surface area contributed by atoms with Gasteiger partial charge < -0.3 is 15.5 Å². The van der Waals surface area contributed by atoms with E-state index in [2.05, 4.69) is 17.2 Å². The van der Waals surface area contributed by atoms with E-state index in [4.69, 9.17) is 0 Å². The van der Waals surface area contributed by atoms with Crippen molar-refractivity contribution < 1.29 is 15.0 Å². The molecule has 1 saturated carbocycles. The van der Waals surface area contributed by atoms with E-state index in [0.29, 0.717) is 10.9 Å². The molecule has 1 aromatic carbocycles. The van der Waals surface area contributed by atoms with Gasteiger partial charge in [-0.1, -0.05) is 19.1 Å². The molecule has 0 spiro atoms. The summed E-state index contributed by atoms with van der Waals surface area (Å²) in [5.41, 5.74) is 0.454. The summed E-state index contributed by atoms with van der Waals surface area (Å²) in [6, 6.07) is 7.51. The number of hydrogen-bond acceptors (Lipinski definition) is 5. The topological polar surface area (TPSA) is 82.5 Å². The fourth-order valence-electron chi connectivity index (χ4n) is 3.19. The third kappa shape index (κ3) is 3.61. The van der Waals surface area contributed by atoms with Crippen LogP contribution in [0.2, 0.25) is 0 Å². The van der Waals surface area contributed by atoms with Crippen molar-refractivity contribution in [3.8, 4) is 0 Å². The number of para-hydroxylation sites is 1. The van der Waals surface area contributed by atoms with Crippen LogP contribution < -0.4 is 5.32 Å². The Balaban J connectivity index is 1.68. The van der Waals surface area contributed by atoms with Crippen molar-refractivity contribution >= 4 is 27.5 Å². The minimum absolute atomic E-state index is 0.308. The van der Waals surface area contributed by atoms with E-state index in [1.165, 1.54) is 11.3 Å². The van der Waals surface area contributed by atoms with Gasteiger partial charge in [-0.3, -0.25) is 4.79 Å². The molecule has 1 amide bonds. The number of carbonyl (C=O) groups is 1. The zero-order chi connectivity index (χ0) is 17.3. The maximum Gasteiger partial charge on any atom is 0.252 e. The number of benzene rings is 1. The largest absolute Gasteiger partial charge is 0.383 e. The first-order valence-corrected chi connectivity index (χ1v) is 9.23. The van der Waals surface area contributed by atoms with Crippen molar-refractivity contribution in [2.24, 2.45) is 5.92 Å². The molecule has 0 aliphatic heterocycles. The molecular weight excluding hydrogens is 324 g/mol. The van der Waals surface area contributed by atoms with Crippen LogP contribution in [-0.4, -0.2) is 32.7 Å². The number of nitrogens with zero attached hydrogens (tertiary/aromatic N) is 1. The smallest absolute Gasteiger partial charge is 0.252 e. The Bertz CT molecular complexity index is 689. The van der Waals surface area contributed by atoms with Crippen molar-refractivity contribution in [1.82, 2.24) is 10.3 Å². The van der Waals surface area contributed by atoms with Crippen LogP contribution >= 0.6 is 11.3 Å². The Morgan fingerprint density at radius 3 is 2.67 bits per heavy atom. The minimum atomic E-state index is -1.51. The summed E-state index contributed by atoms with van der Waals surface area (Å²) in [5, 5.41) is 23.9. The van der Waals surface area contributed by atoms with Gasteiger partial charge in [-0.2, -0.15) is 0 Å². The Labute approximate surface area is 145 Å². The van der Waals surface area contributed by atoms with Crippen LogP contribution in [0.1, 0.15) is 50.6 Å².